The van der Waals surface area contributed by atoms with Crippen LogP contribution >= 0.6 is 11.6 Å². The first-order chi connectivity index (χ1) is 8.45. The number of ether oxygens (including phenoxy) is 1. The molecular weight excluding hydrogens is 246 g/mol. The van der Waals surface area contributed by atoms with E-state index in [0.717, 1.165) is 24.3 Å². The summed E-state index contributed by atoms with van der Waals surface area (Å²) in [6.45, 7) is 5.28. The molecule has 1 rings (SSSR count). The summed E-state index contributed by atoms with van der Waals surface area (Å²) in [7, 11) is 5.85. The number of alkyl halides is 1. The van der Waals surface area contributed by atoms with Gasteiger partial charge in [0.05, 0.1) is 12.0 Å². The molecule has 0 radical (unpaired) electrons. The van der Waals surface area contributed by atoms with Gasteiger partial charge in [0.2, 0.25) is 0 Å². The zero-order valence-electron chi connectivity index (χ0n) is 12.0. The number of halogens is 1. The lowest BCUT2D eigenvalue weighted by atomic mass is 9.83. The average molecular weight is 270 g/mol. The second kappa shape index (κ2) is 6.44. The first-order valence-corrected chi connectivity index (χ1v) is 6.80. The normalized spacial score (nSPS) is 16.4. The molecule has 0 aliphatic heterocycles. The fraction of sp³-hybridized carbons (Fsp3) is 0.600. The summed E-state index contributed by atoms with van der Waals surface area (Å²) in [5, 5.41) is 0. The van der Waals surface area contributed by atoms with Crippen molar-refractivity contribution >= 4 is 11.6 Å². The number of benzene rings is 1. The Bertz CT molecular complexity index is 381. The van der Waals surface area contributed by atoms with Crippen LogP contribution in [0.1, 0.15) is 25.8 Å². The molecule has 2 atom stereocenters. The van der Waals surface area contributed by atoms with Gasteiger partial charge in [-0.2, -0.15) is 0 Å². The van der Waals surface area contributed by atoms with Crippen LogP contribution in [0.5, 0.6) is 5.75 Å². The molecule has 0 aliphatic carbocycles. The lowest BCUT2D eigenvalue weighted by Gasteiger charge is -2.35. The van der Waals surface area contributed by atoms with Crippen LogP contribution in [-0.2, 0) is 4.87 Å². The number of hydrogen-bond donors (Lipinski definition) is 0. The molecule has 0 aliphatic rings. The van der Waals surface area contributed by atoms with Crippen molar-refractivity contribution in [1.82, 2.24) is 4.90 Å². The fourth-order valence-corrected chi connectivity index (χ4v) is 2.71. The van der Waals surface area contributed by atoms with Gasteiger partial charge >= 0.3 is 0 Å². The first kappa shape index (κ1) is 15.3. The molecule has 18 heavy (non-hydrogen) atoms. The summed E-state index contributed by atoms with van der Waals surface area (Å²) >= 11 is 6.92. The van der Waals surface area contributed by atoms with E-state index in [-0.39, 0.29) is 4.87 Å². The van der Waals surface area contributed by atoms with Gasteiger partial charge in [0, 0.05) is 12.1 Å². The molecule has 0 unspecified atom stereocenters. The second-order valence-corrected chi connectivity index (χ2v) is 5.75. The van der Waals surface area contributed by atoms with Gasteiger partial charge in [-0.3, -0.25) is 0 Å². The quantitative estimate of drug-likeness (QED) is 0.730. The van der Waals surface area contributed by atoms with E-state index in [4.69, 9.17) is 16.3 Å². The third-order valence-corrected chi connectivity index (χ3v) is 4.33. The number of rotatable bonds is 6. The van der Waals surface area contributed by atoms with Gasteiger partial charge in [-0.25, -0.2) is 0 Å². The predicted molar refractivity (Wildman–Crippen MR) is 78.5 cm³/mol. The molecule has 0 spiro atoms. The van der Waals surface area contributed by atoms with E-state index in [2.05, 4.69) is 38.9 Å². The van der Waals surface area contributed by atoms with E-state index in [1.165, 1.54) is 0 Å². The molecular formula is C15H24ClNO. The molecule has 0 fully saturated rings. The Labute approximate surface area is 116 Å². The summed E-state index contributed by atoms with van der Waals surface area (Å²) < 4.78 is 5.45. The van der Waals surface area contributed by atoms with Crippen LogP contribution in [0.2, 0.25) is 0 Å². The molecule has 0 bridgehead atoms. The van der Waals surface area contributed by atoms with Crippen molar-refractivity contribution in [2.24, 2.45) is 5.92 Å². The maximum Gasteiger partial charge on any atom is 0.123 e. The van der Waals surface area contributed by atoms with Gasteiger partial charge in [0.25, 0.3) is 0 Å². The van der Waals surface area contributed by atoms with Crippen LogP contribution in [-0.4, -0.2) is 32.6 Å². The Morgan fingerprint density at radius 1 is 1.33 bits per heavy atom. The van der Waals surface area contributed by atoms with E-state index in [1.54, 1.807) is 7.11 Å². The third kappa shape index (κ3) is 3.18. The third-order valence-electron chi connectivity index (χ3n) is 3.49. The summed E-state index contributed by atoms with van der Waals surface area (Å²) in [6.07, 6.45) is 0.879. The minimum Gasteiger partial charge on any atom is -0.496 e. The van der Waals surface area contributed by atoms with Crippen molar-refractivity contribution < 1.29 is 4.74 Å². The lowest BCUT2D eigenvalue weighted by Crippen LogP contribution is -2.34. The number of nitrogens with zero attached hydrogens (tertiary/aromatic N) is 1. The monoisotopic (exact) mass is 269 g/mol. The Balaban J connectivity index is 3.13. The highest BCUT2D eigenvalue weighted by Gasteiger charge is 2.36. The number of methoxy groups -OCH3 is 1. The molecule has 0 aromatic heterocycles. The summed E-state index contributed by atoms with van der Waals surface area (Å²) in [6, 6.07) is 8.05. The second-order valence-electron chi connectivity index (χ2n) is 5.08. The summed E-state index contributed by atoms with van der Waals surface area (Å²) in [4.78, 5) is 1.80. The van der Waals surface area contributed by atoms with E-state index < -0.39 is 0 Å². The molecule has 1 aromatic rings. The van der Waals surface area contributed by atoms with Gasteiger partial charge in [0.15, 0.2) is 0 Å². The van der Waals surface area contributed by atoms with Crippen LogP contribution in [0.4, 0.5) is 0 Å². The van der Waals surface area contributed by atoms with Gasteiger partial charge in [0.1, 0.15) is 5.75 Å². The molecule has 0 N–H and O–H groups in total. The highest BCUT2D eigenvalue weighted by molar-refractivity contribution is 6.24. The van der Waals surface area contributed by atoms with Gasteiger partial charge in [-0.15, -0.1) is 11.6 Å². The highest BCUT2D eigenvalue weighted by atomic mass is 35.5. The van der Waals surface area contributed by atoms with Crippen LogP contribution in [0.3, 0.4) is 0 Å². The molecule has 0 amide bonds. The zero-order chi connectivity index (χ0) is 13.8. The molecule has 0 saturated carbocycles. The topological polar surface area (TPSA) is 12.5 Å². The first-order valence-electron chi connectivity index (χ1n) is 6.42. The Morgan fingerprint density at radius 2 is 1.94 bits per heavy atom. The Morgan fingerprint density at radius 3 is 2.44 bits per heavy atom. The summed E-state index contributed by atoms with van der Waals surface area (Å²) in [5.74, 6) is 1.22. The van der Waals surface area contributed by atoms with Crippen molar-refractivity contribution in [3.05, 3.63) is 29.8 Å². The Hall–Kier alpha value is -0.730. The number of hydrogen-bond acceptors (Lipinski definition) is 2. The van der Waals surface area contributed by atoms with Crippen molar-refractivity contribution in [2.75, 3.05) is 27.7 Å². The Kier molecular flexibility index (Phi) is 5.48. The fourth-order valence-electron chi connectivity index (χ4n) is 2.48. The minimum atomic E-state index is -0.378. The molecule has 2 nitrogen and oxygen atoms in total. The van der Waals surface area contributed by atoms with E-state index in [0.29, 0.717) is 5.92 Å². The van der Waals surface area contributed by atoms with Crippen LogP contribution in [0, 0.1) is 5.92 Å². The minimum absolute atomic E-state index is 0.343. The van der Waals surface area contributed by atoms with Gasteiger partial charge in [-0.05, 0) is 32.5 Å². The van der Waals surface area contributed by atoms with Crippen LogP contribution in [0.25, 0.3) is 0 Å². The average Bonchev–Trinajstić information content (AvgIpc) is 2.36. The van der Waals surface area contributed by atoms with E-state index in [9.17, 15) is 0 Å². The SMILES string of the molecule is CC[C@@](Cl)(c1ccccc1OC)[C@@H](C)CN(C)C. The van der Waals surface area contributed by atoms with Crippen molar-refractivity contribution in [3.8, 4) is 5.75 Å². The van der Waals surface area contributed by atoms with E-state index >= 15 is 0 Å². The van der Waals surface area contributed by atoms with Crippen LogP contribution in [0.15, 0.2) is 24.3 Å². The molecule has 3 heteroatoms. The standard InChI is InChI=1S/C15H24ClNO/c1-6-15(16,12(2)11-17(3)4)13-9-7-8-10-14(13)18-5/h7-10,12H,6,11H2,1-5H3/t12-,15-/m0/s1. The van der Waals surface area contributed by atoms with Crippen LogP contribution < -0.4 is 4.74 Å². The highest BCUT2D eigenvalue weighted by Crippen LogP contribution is 2.44. The van der Waals surface area contributed by atoms with Gasteiger partial charge < -0.3 is 9.64 Å². The van der Waals surface area contributed by atoms with Crippen molar-refractivity contribution in [3.63, 3.8) is 0 Å². The smallest absolute Gasteiger partial charge is 0.123 e. The molecule has 0 saturated heterocycles. The summed E-state index contributed by atoms with van der Waals surface area (Å²) in [5.41, 5.74) is 1.09. The molecule has 1 aromatic carbocycles. The largest absolute Gasteiger partial charge is 0.496 e. The molecule has 102 valence electrons. The number of para-hydroxylation sites is 1. The maximum atomic E-state index is 6.92. The zero-order valence-corrected chi connectivity index (χ0v) is 12.8. The predicted octanol–water partition coefficient (Wildman–Crippen LogP) is 3.74. The van der Waals surface area contributed by atoms with Gasteiger partial charge in [-0.1, -0.05) is 32.0 Å². The van der Waals surface area contributed by atoms with E-state index in [1.807, 2.05) is 18.2 Å². The van der Waals surface area contributed by atoms with Crippen molar-refractivity contribution in [2.45, 2.75) is 25.1 Å². The molecule has 0 heterocycles. The lowest BCUT2D eigenvalue weighted by molar-refractivity contribution is 0.273. The van der Waals surface area contributed by atoms with Crippen molar-refractivity contribution in [1.29, 1.82) is 0 Å². The maximum absolute atomic E-state index is 6.92.